The number of hydrogen-bond donors (Lipinski definition) is 0. The fourth-order valence-corrected chi connectivity index (χ4v) is 2.13. The predicted octanol–water partition coefficient (Wildman–Crippen LogP) is 4.98. The second-order valence-electron chi connectivity index (χ2n) is 4.31. The summed E-state index contributed by atoms with van der Waals surface area (Å²) in [6.07, 6.45) is 2.31. The molecule has 0 atom stereocenters. The largest absolute Gasteiger partial charge is 0.489 e. The third kappa shape index (κ3) is 3.88. The molecular weight excluding hydrogens is 288 g/mol. The molecule has 0 aliphatic rings. The van der Waals surface area contributed by atoms with Gasteiger partial charge in [0.05, 0.1) is 0 Å². The Morgan fingerprint density at radius 3 is 2.44 bits per heavy atom. The van der Waals surface area contributed by atoms with Crippen molar-refractivity contribution in [2.45, 2.75) is 26.4 Å². The van der Waals surface area contributed by atoms with Gasteiger partial charge in [-0.25, -0.2) is 0 Å². The van der Waals surface area contributed by atoms with Gasteiger partial charge in [0.15, 0.2) is 0 Å². The van der Waals surface area contributed by atoms with Gasteiger partial charge in [0.2, 0.25) is 0 Å². The Morgan fingerprint density at radius 1 is 1.00 bits per heavy atom. The Hall–Kier alpha value is -1.28. The van der Waals surface area contributed by atoms with Crippen molar-refractivity contribution in [3.63, 3.8) is 0 Å². The van der Waals surface area contributed by atoms with Gasteiger partial charge in [-0.2, -0.15) is 0 Å². The van der Waals surface area contributed by atoms with Gasteiger partial charge in [-0.3, -0.25) is 0 Å². The highest BCUT2D eigenvalue weighted by Crippen LogP contribution is 2.17. The summed E-state index contributed by atoms with van der Waals surface area (Å²) in [5.41, 5.74) is 2.61. The highest BCUT2D eigenvalue weighted by Gasteiger charge is 1.98. The molecule has 2 aromatic carbocycles. The van der Waals surface area contributed by atoms with E-state index in [1.165, 1.54) is 17.5 Å². The van der Waals surface area contributed by atoms with Gasteiger partial charge in [0.1, 0.15) is 12.4 Å². The number of hydrogen-bond acceptors (Lipinski definition) is 1. The van der Waals surface area contributed by atoms with Crippen LogP contribution in [-0.2, 0) is 13.0 Å². The molecule has 0 fully saturated rings. The quantitative estimate of drug-likeness (QED) is 0.757. The molecule has 94 valence electrons. The Labute approximate surface area is 117 Å². The molecule has 0 aromatic heterocycles. The summed E-state index contributed by atoms with van der Waals surface area (Å²) in [6, 6.07) is 16.5. The van der Waals surface area contributed by atoms with E-state index >= 15 is 0 Å². The van der Waals surface area contributed by atoms with Crippen LogP contribution < -0.4 is 4.74 Å². The molecule has 0 spiro atoms. The van der Waals surface area contributed by atoms with Crippen molar-refractivity contribution in [2.24, 2.45) is 0 Å². The summed E-state index contributed by atoms with van der Waals surface area (Å²) < 4.78 is 6.83. The Morgan fingerprint density at radius 2 is 1.72 bits per heavy atom. The van der Waals surface area contributed by atoms with Crippen LogP contribution in [0.4, 0.5) is 0 Å². The Bertz CT molecular complexity index is 491. The van der Waals surface area contributed by atoms with E-state index in [0.29, 0.717) is 6.61 Å². The summed E-state index contributed by atoms with van der Waals surface area (Å²) in [4.78, 5) is 0. The second kappa shape index (κ2) is 6.60. The van der Waals surface area contributed by atoms with Gasteiger partial charge in [-0.05, 0) is 41.8 Å². The van der Waals surface area contributed by atoms with Crippen LogP contribution in [0.3, 0.4) is 0 Å². The first-order valence-corrected chi connectivity index (χ1v) is 7.03. The number of aryl methyl sites for hydroxylation is 1. The minimum atomic E-state index is 0.624. The van der Waals surface area contributed by atoms with E-state index in [9.17, 15) is 0 Å². The molecule has 18 heavy (non-hydrogen) atoms. The second-order valence-corrected chi connectivity index (χ2v) is 5.23. The lowest BCUT2D eigenvalue weighted by Crippen LogP contribution is -1.96. The third-order valence-electron chi connectivity index (χ3n) is 2.75. The van der Waals surface area contributed by atoms with Crippen molar-refractivity contribution in [2.75, 3.05) is 0 Å². The first kappa shape index (κ1) is 13.2. The molecule has 0 saturated carbocycles. The molecule has 0 saturated heterocycles. The predicted molar refractivity (Wildman–Crippen MR) is 78.9 cm³/mol. The van der Waals surface area contributed by atoms with Crippen molar-refractivity contribution in [3.8, 4) is 5.75 Å². The van der Waals surface area contributed by atoms with Gasteiger partial charge < -0.3 is 4.74 Å². The van der Waals surface area contributed by atoms with Gasteiger partial charge in [0.25, 0.3) is 0 Å². The van der Waals surface area contributed by atoms with Crippen LogP contribution in [0.25, 0.3) is 0 Å². The van der Waals surface area contributed by atoms with Crippen LogP contribution in [0.1, 0.15) is 24.5 Å². The number of ether oxygens (including phenoxy) is 1. The molecule has 0 aliphatic carbocycles. The summed E-state index contributed by atoms with van der Waals surface area (Å²) in [5.74, 6) is 0.902. The Balaban J connectivity index is 1.97. The van der Waals surface area contributed by atoms with Crippen molar-refractivity contribution in [1.29, 1.82) is 0 Å². The van der Waals surface area contributed by atoms with Crippen LogP contribution in [0.15, 0.2) is 53.0 Å². The summed E-state index contributed by atoms with van der Waals surface area (Å²) in [5, 5.41) is 0. The molecular formula is C16H17BrO. The topological polar surface area (TPSA) is 9.23 Å². The van der Waals surface area contributed by atoms with E-state index in [4.69, 9.17) is 4.74 Å². The van der Waals surface area contributed by atoms with Gasteiger partial charge in [-0.15, -0.1) is 0 Å². The zero-order valence-corrected chi connectivity index (χ0v) is 12.1. The first-order valence-electron chi connectivity index (χ1n) is 6.24. The molecule has 1 nitrogen and oxygen atoms in total. The van der Waals surface area contributed by atoms with Crippen LogP contribution in [0.2, 0.25) is 0 Å². The minimum Gasteiger partial charge on any atom is -0.489 e. The zero-order chi connectivity index (χ0) is 12.8. The van der Waals surface area contributed by atoms with E-state index in [1.807, 2.05) is 24.3 Å². The van der Waals surface area contributed by atoms with Crippen LogP contribution >= 0.6 is 15.9 Å². The average Bonchev–Trinajstić information content (AvgIpc) is 2.39. The third-order valence-corrected chi connectivity index (χ3v) is 3.28. The van der Waals surface area contributed by atoms with Crippen molar-refractivity contribution in [3.05, 3.63) is 64.1 Å². The van der Waals surface area contributed by atoms with Crippen molar-refractivity contribution in [1.82, 2.24) is 0 Å². The maximum absolute atomic E-state index is 5.76. The average molecular weight is 305 g/mol. The standard InChI is InChI=1S/C16H17BrO/c1-2-4-13-5-3-6-14(11-13)12-18-16-9-7-15(17)8-10-16/h3,5-11H,2,4,12H2,1H3. The van der Waals surface area contributed by atoms with Crippen LogP contribution in [-0.4, -0.2) is 0 Å². The molecule has 0 bridgehead atoms. The molecule has 2 aromatic rings. The monoisotopic (exact) mass is 304 g/mol. The minimum absolute atomic E-state index is 0.624. The molecule has 0 radical (unpaired) electrons. The van der Waals surface area contributed by atoms with E-state index < -0.39 is 0 Å². The fourth-order valence-electron chi connectivity index (χ4n) is 1.86. The number of rotatable bonds is 5. The number of benzene rings is 2. The van der Waals surface area contributed by atoms with Gasteiger partial charge in [0, 0.05) is 4.47 Å². The molecule has 0 aliphatic heterocycles. The maximum atomic E-state index is 5.76. The summed E-state index contributed by atoms with van der Waals surface area (Å²) in [6.45, 7) is 2.82. The molecule has 2 rings (SSSR count). The van der Waals surface area contributed by atoms with E-state index in [1.54, 1.807) is 0 Å². The molecule has 0 heterocycles. The van der Waals surface area contributed by atoms with Crippen molar-refractivity contribution < 1.29 is 4.74 Å². The van der Waals surface area contributed by atoms with E-state index in [2.05, 4.69) is 47.1 Å². The first-order chi connectivity index (χ1) is 8.78. The lowest BCUT2D eigenvalue weighted by Gasteiger charge is -2.07. The Kier molecular flexibility index (Phi) is 4.82. The van der Waals surface area contributed by atoms with Crippen LogP contribution in [0.5, 0.6) is 5.75 Å². The van der Waals surface area contributed by atoms with Crippen molar-refractivity contribution >= 4 is 15.9 Å². The lowest BCUT2D eigenvalue weighted by molar-refractivity contribution is 0.306. The normalized spacial score (nSPS) is 10.3. The summed E-state index contributed by atoms with van der Waals surface area (Å²) in [7, 11) is 0. The zero-order valence-electron chi connectivity index (χ0n) is 10.5. The highest BCUT2D eigenvalue weighted by molar-refractivity contribution is 9.10. The molecule has 0 unspecified atom stereocenters. The number of halogens is 1. The maximum Gasteiger partial charge on any atom is 0.119 e. The smallest absolute Gasteiger partial charge is 0.119 e. The molecule has 2 heteroatoms. The van der Waals surface area contributed by atoms with Crippen LogP contribution in [0, 0.1) is 0 Å². The fraction of sp³-hybridized carbons (Fsp3) is 0.250. The molecule has 0 amide bonds. The highest BCUT2D eigenvalue weighted by atomic mass is 79.9. The molecule has 0 N–H and O–H groups in total. The summed E-state index contributed by atoms with van der Waals surface area (Å²) >= 11 is 3.41. The van der Waals surface area contributed by atoms with Gasteiger partial charge >= 0.3 is 0 Å². The van der Waals surface area contributed by atoms with E-state index in [0.717, 1.165) is 16.6 Å². The van der Waals surface area contributed by atoms with Gasteiger partial charge in [-0.1, -0.05) is 53.5 Å². The lowest BCUT2D eigenvalue weighted by atomic mass is 10.1. The van der Waals surface area contributed by atoms with E-state index in [-0.39, 0.29) is 0 Å². The SMILES string of the molecule is CCCc1cccc(COc2ccc(Br)cc2)c1.